The molecule has 3 atom stereocenters. The van der Waals surface area contributed by atoms with Gasteiger partial charge in [-0.05, 0) is 37.5 Å². The monoisotopic (exact) mass is 292 g/mol. The zero-order valence-electron chi connectivity index (χ0n) is 12.1. The Morgan fingerprint density at radius 2 is 2.29 bits per heavy atom. The summed E-state index contributed by atoms with van der Waals surface area (Å²) >= 11 is 0. The highest BCUT2D eigenvalue weighted by molar-refractivity contribution is 5.74. The van der Waals surface area contributed by atoms with Gasteiger partial charge in [-0.1, -0.05) is 24.3 Å². The normalized spacial score (nSPS) is 22.0. The summed E-state index contributed by atoms with van der Waals surface area (Å²) in [6.45, 7) is 1.98. The highest BCUT2D eigenvalue weighted by atomic mass is 19.1. The van der Waals surface area contributed by atoms with Gasteiger partial charge in [-0.15, -0.1) is 0 Å². The van der Waals surface area contributed by atoms with E-state index < -0.39 is 0 Å². The van der Waals surface area contributed by atoms with Gasteiger partial charge in [-0.25, -0.2) is 9.18 Å². The number of carbonyl (C=O) groups is 1. The van der Waals surface area contributed by atoms with Crippen LogP contribution in [0.3, 0.4) is 0 Å². The molecule has 0 aromatic heterocycles. The SMILES string of the molecule is CC(Cc1cccc(F)c1)NC(=O)N[C@@H]1C=C[C@H](CO)C1. The van der Waals surface area contributed by atoms with E-state index in [4.69, 9.17) is 5.11 Å². The van der Waals surface area contributed by atoms with Crippen LogP contribution in [0.15, 0.2) is 36.4 Å². The average molecular weight is 292 g/mol. The van der Waals surface area contributed by atoms with E-state index in [2.05, 4.69) is 10.6 Å². The van der Waals surface area contributed by atoms with Gasteiger partial charge < -0.3 is 15.7 Å². The van der Waals surface area contributed by atoms with Crippen molar-refractivity contribution >= 4 is 6.03 Å². The molecule has 114 valence electrons. The van der Waals surface area contributed by atoms with Crippen molar-refractivity contribution in [3.8, 4) is 0 Å². The highest BCUT2D eigenvalue weighted by Crippen LogP contribution is 2.16. The molecule has 0 heterocycles. The van der Waals surface area contributed by atoms with Crippen molar-refractivity contribution in [2.75, 3.05) is 6.61 Å². The molecular formula is C16H21FN2O2. The number of aliphatic hydroxyl groups excluding tert-OH is 1. The maximum atomic E-state index is 13.1. The molecule has 0 saturated carbocycles. The Kier molecular flexibility index (Phi) is 5.33. The van der Waals surface area contributed by atoms with Crippen LogP contribution in [0.4, 0.5) is 9.18 Å². The molecule has 5 heteroatoms. The Labute approximate surface area is 124 Å². The van der Waals surface area contributed by atoms with Crippen LogP contribution in [0, 0.1) is 11.7 Å². The first-order valence-corrected chi connectivity index (χ1v) is 7.17. The quantitative estimate of drug-likeness (QED) is 0.727. The van der Waals surface area contributed by atoms with Gasteiger partial charge in [0, 0.05) is 24.6 Å². The minimum Gasteiger partial charge on any atom is -0.396 e. The molecule has 0 aliphatic heterocycles. The molecule has 1 aliphatic rings. The third-order valence-corrected chi connectivity index (χ3v) is 3.53. The van der Waals surface area contributed by atoms with Gasteiger partial charge in [0.15, 0.2) is 0 Å². The standard InChI is InChI=1S/C16H21FN2O2/c1-11(7-12-3-2-4-14(17)8-12)18-16(21)19-15-6-5-13(9-15)10-20/h2-6,8,11,13,15,20H,7,9-10H2,1H3,(H2,18,19,21)/t11?,13-,15+/m0/s1. The first-order chi connectivity index (χ1) is 10.1. The number of rotatable bonds is 5. The maximum Gasteiger partial charge on any atom is 0.315 e. The molecule has 1 aromatic rings. The number of benzene rings is 1. The Bertz CT molecular complexity index is 519. The summed E-state index contributed by atoms with van der Waals surface area (Å²) in [6, 6.07) is 6.00. The molecule has 2 amide bonds. The van der Waals surface area contributed by atoms with E-state index in [0.29, 0.717) is 6.42 Å². The Morgan fingerprint density at radius 1 is 1.48 bits per heavy atom. The number of hydrogen-bond acceptors (Lipinski definition) is 2. The van der Waals surface area contributed by atoms with E-state index >= 15 is 0 Å². The second-order valence-corrected chi connectivity index (χ2v) is 5.52. The van der Waals surface area contributed by atoms with Crippen LogP contribution in [0.2, 0.25) is 0 Å². The molecule has 2 rings (SSSR count). The lowest BCUT2D eigenvalue weighted by Gasteiger charge is -2.17. The predicted octanol–water partition coefficient (Wildman–Crippen LogP) is 1.99. The highest BCUT2D eigenvalue weighted by Gasteiger charge is 2.20. The number of carbonyl (C=O) groups excluding carboxylic acids is 1. The molecule has 1 unspecified atom stereocenters. The summed E-state index contributed by atoms with van der Waals surface area (Å²) < 4.78 is 13.1. The van der Waals surface area contributed by atoms with E-state index in [0.717, 1.165) is 12.0 Å². The fourth-order valence-electron chi connectivity index (χ4n) is 2.52. The van der Waals surface area contributed by atoms with Gasteiger partial charge in [0.05, 0.1) is 0 Å². The van der Waals surface area contributed by atoms with Crippen LogP contribution in [-0.4, -0.2) is 29.8 Å². The first-order valence-electron chi connectivity index (χ1n) is 7.17. The molecule has 1 aromatic carbocycles. The van der Waals surface area contributed by atoms with Crippen LogP contribution in [0.5, 0.6) is 0 Å². The lowest BCUT2D eigenvalue weighted by molar-refractivity contribution is 0.229. The number of halogens is 1. The molecule has 1 aliphatic carbocycles. The molecule has 0 saturated heterocycles. The molecule has 21 heavy (non-hydrogen) atoms. The Morgan fingerprint density at radius 3 is 2.95 bits per heavy atom. The van der Waals surface area contributed by atoms with E-state index in [1.807, 2.05) is 25.1 Å². The average Bonchev–Trinajstić information content (AvgIpc) is 2.85. The maximum absolute atomic E-state index is 13.1. The van der Waals surface area contributed by atoms with Gasteiger partial charge >= 0.3 is 6.03 Å². The third kappa shape index (κ3) is 4.86. The van der Waals surface area contributed by atoms with Crippen molar-refractivity contribution in [1.29, 1.82) is 0 Å². The van der Waals surface area contributed by atoms with Crippen molar-refractivity contribution in [1.82, 2.24) is 10.6 Å². The third-order valence-electron chi connectivity index (χ3n) is 3.53. The summed E-state index contributed by atoms with van der Waals surface area (Å²) in [5.41, 5.74) is 0.851. The fourth-order valence-corrected chi connectivity index (χ4v) is 2.52. The number of urea groups is 1. The second kappa shape index (κ2) is 7.22. The van der Waals surface area contributed by atoms with Crippen molar-refractivity contribution in [3.63, 3.8) is 0 Å². The van der Waals surface area contributed by atoms with Crippen molar-refractivity contribution in [2.24, 2.45) is 5.92 Å². The van der Waals surface area contributed by atoms with Crippen LogP contribution >= 0.6 is 0 Å². The van der Waals surface area contributed by atoms with Gasteiger partial charge in [0.25, 0.3) is 0 Å². The van der Waals surface area contributed by atoms with Crippen molar-refractivity contribution in [2.45, 2.75) is 31.8 Å². The Hall–Kier alpha value is -1.88. The first kappa shape index (κ1) is 15.5. The number of amides is 2. The molecule has 0 radical (unpaired) electrons. The number of nitrogens with one attached hydrogen (secondary N) is 2. The van der Waals surface area contributed by atoms with E-state index in [1.165, 1.54) is 12.1 Å². The van der Waals surface area contributed by atoms with Crippen LogP contribution in [0.1, 0.15) is 18.9 Å². The van der Waals surface area contributed by atoms with Crippen LogP contribution < -0.4 is 10.6 Å². The molecule has 0 spiro atoms. The fraction of sp³-hybridized carbons (Fsp3) is 0.438. The topological polar surface area (TPSA) is 61.4 Å². The number of hydrogen-bond donors (Lipinski definition) is 3. The van der Waals surface area contributed by atoms with E-state index in [-0.39, 0.29) is 36.5 Å². The summed E-state index contributed by atoms with van der Waals surface area (Å²) in [5, 5.41) is 14.7. The zero-order chi connectivity index (χ0) is 15.2. The van der Waals surface area contributed by atoms with Gasteiger partial charge in [0.2, 0.25) is 0 Å². The van der Waals surface area contributed by atoms with Crippen molar-refractivity contribution in [3.05, 3.63) is 47.8 Å². The minimum absolute atomic E-state index is 0.0384. The Balaban J connectivity index is 1.76. The van der Waals surface area contributed by atoms with Crippen LogP contribution in [-0.2, 0) is 6.42 Å². The lowest BCUT2D eigenvalue weighted by atomic mass is 10.1. The summed E-state index contributed by atoms with van der Waals surface area (Å²) in [6.07, 6.45) is 5.12. The summed E-state index contributed by atoms with van der Waals surface area (Å²) in [4.78, 5) is 11.9. The van der Waals surface area contributed by atoms with Crippen LogP contribution in [0.25, 0.3) is 0 Å². The van der Waals surface area contributed by atoms with Gasteiger partial charge in [-0.3, -0.25) is 0 Å². The minimum atomic E-state index is -0.268. The van der Waals surface area contributed by atoms with E-state index in [9.17, 15) is 9.18 Å². The predicted molar refractivity (Wildman–Crippen MR) is 79.4 cm³/mol. The van der Waals surface area contributed by atoms with E-state index in [1.54, 1.807) is 6.07 Å². The molecule has 0 fully saturated rings. The number of aliphatic hydroxyl groups is 1. The van der Waals surface area contributed by atoms with Crippen molar-refractivity contribution < 1.29 is 14.3 Å². The molecular weight excluding hydrogens is 271 g/mol. The summed E-state index contributed by atoms with van der Waals surface area (Å²) in [5.74, 6) is -0.143. The largest absolute Gasteiger partial charge is 0.396 e. The zero-order valence-corrected chi connectivity index (χ0v) is 12.1. The molecule has 4 nitrogen and oxygen atoms in total. The molecule has 3 N–H and O–H groups in total. The second-order valence-electron chi connectivity index (χ2n) is 5.52. The van der Waals surface area contributed by atoms with Gasteiger partial charge in [0.1, 0.15) is 5.82 Å². The van der Waals surface area contributed by atoms with Gasteiger partial charge in [-0.2, -0.15) is 0 Å². The molecule has 0 bridgehead atoms. The smallest absolute Gasteiger partial charge is 0.315 e. The lowest BCUT2D eigenvalue weighted by Crippen LogP contribution is -2.45. The summed E-state index contributed by atoms with van der Waals surface area (Å²) in [7, 11) is 0.